The number of carbonyl (C=O) groups excluding carboxylic acids is 1. The van der Waals surface area contributed by atoms with Gasteiger partial charge in [0.25, 0.3) is 0 Å². The van der Waals surface area contributed by atoms with E-state index in [4.69, 9.17) is 10.00 Å². The number of rotatable bonds is 7. The standard InChI is InChI=1S/C24H21NO2/c1-2-3-18-4-10-22(11-5-18)24(26)17-27-23-14-12-21(13-15-23)20-8-6-19(16-25)7-9-20/h4-15H,2-3,17H2,1H3. The van der Waals surface area contributed by atoms with Gasteiger partial charge in [0.05, 0.1) is 11.6 Å². The van der Waals surface area contributed by atoms with Crippen LogP contribution in [0.25, 0.3) is 11.1 Å². The third-order valence-electron chi connectivity index (χ3n) is 4.39. The van der Waals surface area contributed by atoms with E-state index in [-0.39, 0.29) is 12.4 Å². The van der Waals surface area contributed by atoms with Crippen molar-refractivity contribution in [3.63, 3.8) is 0 Å². The number of nitriles is 1. The van der Waals surface area contributed by atoms with Gasteiger partial charge in [0, 0.05) is 5.56 Å². The molecule has 3 rings (SSSR count). The minimum Gasteiger partial charge on any atom is -0.485 e. The summed E-state index contributed by atoms with van der Waals surface area (Å²) in [5.41, 5.74) is 4.62. The van der Waals surface area contributed by atoms with Crippen LogP contribution < -0.4 is 4.74 Å². The summed E-state index contributed by atoms with van der Waals surface area (Å²) >= 11 is 0. The van der Waals surface area contributed by atoms with E-state index in [1.807, 2.05) is 60.7 Å². The van der Waals surface area contributed by atoms with Gasteiger partial charge in [0.2, 0.25) is 0 Å². The van der Waals surface area contributed by atoms with E-state index in [0.29, 0.717) is 16.9 Å². The molecule has 0 N–H and O–H groups in total. The van der Waals surface area contributed by atoms with Crippen molar-refractivity contribution >= 4 is 5.78 Å². The zero-order valence-corrected chi connectivity index (χ0v) is 15.3. The Bertz CT molecular complexity index is 934. The van der Waals surface area contributed by atoms with Crippen molar-refractivity contribution in [3.05, 3.63) is 89.5 Å². The maximum Gasteiger partial charge on any atom is 0.200 e. The Balaban J connectivity index is 1.59. The summed E-state index contributed by atoms with van der Waals surface area (Å²) in [5.74, 6) is 0.623. The molecular weight excluding hydrogens is 334 g/mol. The first-order chi connectivity index (χ1) is 13.2. The Labute approximate surface area is 159 Å². The second-order valence-corrected chi connectivity index (χ2v) is 6.37. The van der Waals surface area contributed by atoms with Gasteiger partial charge in [-0.1, -0.05) is 61.9 Å². The largest absolute Gasteiger partial charge is 0.485 e. The highest BCUT2D eigenvalue weighted by Crippen LogP contribution is 2.23. The van der Waals surface area contributed by atoms with E-state index in [0.717, 1.165) is 24.0 Å². The molecule has 0 radical (unpaired) electrons. The summed E-state index contributed by atoms with van der Waals surface area (Å²) in [6.45, 7) is 2.16. The van der Waals surface area contributed by atoms with Crippen LogP contribution in [0.15, 0.2) is 72.8 Å². The van der Waals surface area contributed by atoms with E-state index < -0.39 is 0 Å². The smallest absolute Gasteiger partial charge is 0.200 e. The van der Waals surface area contributed by atoms with Crippen LogP contribution in [0, 0.1) is 11.3 Å². The molecular formula is C24H21NO2. The zero-order valence-electron chi connectivity index (χ0n) is 15.3. The predicted molar refractivity (Wildman–Crippen MR) is 107 cm³/mol. The van der Waals surface area contributed by atoms with Gasteiger partial charge < -0.3 is 4.74 Å². The molecule has 0 amide bonds. The summed E-state index contributed by atoms with van der Waals surface area (Å²) in [6, 6.07) is 24.9. The number of Topliss-reactive ketones (excluding diaryl/α,β-unsaturated/α-hetero) is 1. The number of hydrogen-bond acceptors (Lipinski definition) is 3. The Morgan fingerprint density at radius 3 is 2.04 bits per heavy atom. The van der Waals surface area contributed by atoms with E-state index >= 15 is 0 Å². The zero-order chi connectivity index (χ0) is 19.1. The molecule has 3 heteroatoms. The van der Waals surface area contributed by atoms with Crippen LogP contribution in [0.5, 0.6) is 5.75 Å². The molecule has 0 bridgehead atoms. The predicted octanol–water partition coefficient (Wildman–Crippen LogP) is 5.44. The highest BCUT2D eigenvalue weighted by atomic mass is 16.5. The quantitative estimate of drug-likeness (QED) is 0.530. The van der Waals surface area contributed by atoms with Crippen molar-refractivity contribution in [2.45, 2.75) is 19.8 Å². The number of nitrogens with zero attached hydrogens (tertiary/aromatic N) is 1. The minimum atomic E-state index is -0.0331. The third-order valence-corrected chi connectivity index (χ3v) is 4.39. The monoisotopic (exact) mass is 355 g/mol. The normalized spacial score (nSPS) is 10.2. The second-order valence-electron chi connectivity index (χ2n) is 6.37. The molecule has 0 fully saturated rings. The number of hydrogen-bond donors (Lipinski definition) is 0. The molecule has 3 aromatic rings. The molecule has 0 saturated carbocycles. The fraction of sp³-hybridized carbons (Fsp3) is 0.167. The topological polar surface area (TPSA) is 50.1 Å². The fourth-order valence-electron chi connectivity index (χ4n) is 2.86. The van der Waals surface area contributed by atoms with E-state index in [9.17, 15) is 4.79 Å². The van der Waals surface area contributed by atoms with E-state index in [2.05, 4.69) is 13.0 Å². The Morgan fingerprint density at radius 1 is 0.889 bits per heavy atom. The molecule has 0 spiro atoms. The number of carbonyl (C=O) groups is 1. The molecule has 27 heavy (non-hydrogen) atoms. The van der Waals surface area contributed by atoms with Gasteiger partial charge in [-0.15, -0.1) is 0 Å². The van der Waals surface area contributed by atoms with Crippen LogP contribution in [0.1, 0.15) is 34.8 Å². The van der Waals surface area contributed by atoms with Gasteiger partial charge >= 0.3 is 0 Å². The first kappa shape index (κ1) is 18.4. The van der Waals surface area contributed by atoms with Crippen molar-refractivity contribution in [1.82, 2.24) is 0 Å². The van der Waals surface area contributed by atoms with Crippen molar-refractivity contribution in [1.29, 1.82) is 5.26 Å². The van der Waals surface area contributed by atoms with E-state index in [1.54, 1.807) is 12.1 Å². The second kappa shape index (κ2) is 8.82. The van der Waals surface area contributed by atoms with Crippen LogP contribution in [0.2, 0.25) is 0 Å². The average molecular weight is 355 g/mol. The van der Waals surface area contributed by atoms with Gasteiger partial charge in [0.15, 0.2) is 12.4 Å². The minimum absolute atomic E-state index is 0.0172. The van der Waals surface area contributed by atoms with Crippen molar-refractivity contribution in [2.75, 3.05) is 6.61 Å². The Morgan fingerprint density at radius 2 is 1.48 bits per heavy atom. The van der Waals surface area contributed by atoms with E-state index in [1.165, 1.54) is 5.56 Å². The maximum absolute atomic E-state index is 12.3. The van der Waals surface area contributed by atoms with Crippen LogP contribution >= 0.6 is 0 Å². The number of benzene rings is 3. The molecule has 3 aromatic carbocycles. The SMILES string of the molecule is CCCc1ccc(C(=O)COc2ccc(-c3ccc(C#N)cc3)cc2)cc1. The summed E-state index contributed by atoms with van der Waals surface area (Å²) in [7, 11) is 0. The Hall–Kier alpha value is -3.38. The fourth-order valence-corrected chi connectivity index (χ4v) is 2.86. The highest BCUT2D eigenvalue weighted by molar-refractivity contribution is 5.97. The lowest BCUT2D eigenvalue weighted by molar-refractivity contribution is 0.0921. The first-order valence-electron chi connectivity index (χ1n) is 9.05. The van der Waals surface area contributed by atoms with Gasteiger partial charge in [-0.25, -0.2) is 0 Å². The van der Waals surface area contributed by atoms with Crippen molar-refractivity contribution < 1.29 is 9.53 Å². The molecule has 0 unspecified atom stereocenters. The molecule has 0 aromatic heterocycles. The number of ether oxygens (including phenoxy) is 1. The molecule has 134 valence electrons. The van der Waals surface area contributed by atoms with Crippen molar-refractivity contribution in [2.24, 2.45) is 0 Å². The van der Waals surface area contributed by atoms with Crippen LogP contribution in [0.3, 0.4) is 0 Å². The first-order valence-corrected chi connectivity index (χ1v) is 9.05. The lowest BCUT2D eigenvalue weighted by Crippen LogP contribution is -2.11. The molecule has 3 nitrogen and oxygen atoms in total. The van der Waals surface area contributed by atoms with Gasteiger partial charge in [-0.2, -0.15) is 5.26 Å². The van der Waals surface area contributed by atoms with Gasteiger partial charge in [-0.05, 0) is 47.4 Å². The number of aryl methyl sites for hydroxylation is 1. The lowest BCUT2D eigenvalue weighted by atomic mass is 10.0. The molecule has 0 aliphatic rings. The summed E-state index contributed by atoms with van der Waals surface area (Å²) in [4.78, 5) is 12.3. The van der Waals surface area contributed by atoms with Crippen LogP contribution in [0.4, 0.5) is 0 Å². The molecule has 0 heterocycles. The summed E-state index contributed by atoms with van der Waals surface area (Å²) in [6.07, 6.45) is 2.12. The average Bonchev–Trinajstić information content (AvgIpc) is 2.73. The lowest BCUT2D eigenvalue weighted by Gasteiger charge is -2.08. The third kappa shape index (κ3) is 4.83. The maximum atomic E-state index is 12.3. The number of ketones is 1. The van der Waals surface area contributed by atoms with Crippen molar-refractivity contribution in [3.8, 4) is 22.9 Å². The van der Waals surface area contributed by atoms with Crippen LogP contribution in [-0.4, -0.2) is 12.4 Å². The Kier molecular flexibility index (Phi) is 6.02. The molecule has 0 saturated heterocycles. The highest BCUT2D eigenvalue weighted by Gasteiger charge is 2.07. The van der Waals surface area contributed by atoms with Crippen LogP contribution in [-0.2, 0) is 6.42 Å². The van der Waals surface area contributed by atoms with Gasteiger partial charge in [0.1, 0.15) is 5.75 Å². The molecule has 0 aliphatic carbocycles. The molecule has 0 aliphatic heterocycles. The summed E-state index contributed by atoms with van der Waals surface area (Å²) in [5, 5.41) is 8.87. The molecule has 0 atom stereocenters. The summed E-state index contributed by atoms with van der Waals surface area (Å²) < 4.78 is 5.63. The van der Waals surface area contributed by atoms with Gasteiger partial charge in [-0.3, -0.25) is 4.79 Å².